The fraction of sp³-hybridized carbons (Fsp3) is 0.174. The number of benzene rings is 2. The molecule has 30 heavy (non-hydrogen) atoms. The van der Waals surface area contributed by atoms with Crippen molar-refractivity contribution in [2.24, 2.45) is 0 Å². The van der Waals surface area contributed by atoms with Crippen LogP contribution in [-0.2, 0) is 11.3 Å². The lowest BCUT2D eigenvalue weighted by Gasteiger charge is -2.25. The zero-order chi connectivity index (χ0) is 21.1. The Hall–Kier alpha value is -3.19. The van der Waals surface area contributed by atoms with Gasteiger partial charge in [0.1, 0.15) is 5.75 Å². The first-order chi connectivity index (χ1) is 14.4. The normalized spacial score (nSPS) is 11.4. The van der Waals surface area contributed by atoms with E-state index >= 15 is 0 Å². The molecule has 0 aliphatic heterocycles. The molecule has 0 unspecified atom stereocenters. The first-order valence-electron chi connectivity index (χ1n) is 9.44. The van der Waals surface area contributed by atoms with Gasteiger partial charge in [-0.3, -0.25) is 4.79 Å². The van der Waals surface area contributed by atoms with E-state index in [1.807, 2.05) is 60.7 Å². The van der Waals surface area contributed by atoms with Crippen molar-refractivity contribution < 1.29 is 13.9 Å². The zero-order valence-electron chi connectivity index (χ0n) is 16.6. The fourth-order valence-corrected chi connectivity index (χ4v) is 3.16. The predicted molar refractivity (Wildman–Crippen MR) is 118 cm³/mol. The van der Waals surface area contributed by atoms with Gasteiger partial charge in [0.25, 0.3) is 5.91 Å². The number of carbonyl (C=O) groups excluding carboxylic acids is 1. The molecule has 0 fully saturated rings. The van der Waals surface area contributed by atoms with Crippen LogP contribution in [0, 0.1) is 0 Å². The molecule has 0 aliphatic rings. The molecule has 4 aromatic rings. The van der Waals surface area contributed by atoms with Crippen molar-refractivity contribution in [3.63, 3.8) is 0 Å². The number of pyridine rings is 1. The van der Waals surface area contributed by atoms with Crippen LogP contribution in [0.1, 0.15) is 19.4 Å². The number of ether oxygens (including phenoxy) is 1. The Morgan fingerprint density at radius 1 is 1.10 bits per heavy atom. The summed E-state index contributed by atoms with van der Waals surface area (Å²) in [6.07, 6.45) is 1.68. The van der Waals surface area contributed by atoms with Crippen molar-refractivity contribution in [3.05, 3.63) is 76.9 Å². The van der Waals surface area contributed by atoms with Gasteiger partial charge in [-0.05, 0) is 67.9 Å². The van der Waals surface area contributed by atoms with Crippen LogP contribution >= 0.6 is 15.9 Å². The van der Waals surface area contributed by atoms with E-state index < -0.39 is 5.60 Å². The predicted octanol–water partition coefficient (Wildman–Crippen LogP) is 5.13. The van der Waals surface area contributed by atoms with E-state index in [4.69, 9.17) is 9.15 Å². The number of aromatic nitrogens is 2. The summed E-state index contributed by atoms with van der Waals surface area (Å²) in [6, 6.07) is 18.7. The van der Waals surface area contributed by atoms with Gasteiger partial charge in [0.05, 0.1) is 0 Å². The number of rotatable bonds is 6. The summed E-state index contributed by atoms with van der Waals surface area (Å²) in [5.74, 6) is 0.957. The van der Waals surface area contributed by atoms with Gasteiger partial charge < -0.3 is 14.5 Å². The van der Waals surface area contributed by atoms with Gasteiger partial charge >= 0.3 is 0 Å². The molecule has 6 nitrogen and oxygen atoms in total. The SMILES string of the molecule is CC(C)(Oc1ccc(Br)cc1)C(=O)NCc1ccc(-c2nc3ncccc3o2)cc1. The number of nitrogens with zero attached hydrogens (tertiary/aromatic N) is 2. The second-order valence-electron chi connectivity index (χ2n) is 7.29. The standard InChI is InChI=1S/C23H20BrN3O3/c1-23(2,30-18-11-9-17(24)10-12-18)22(28)26-14-15-5-7-16(8-6-15)21-27-20-19(29-21)4-3-13-25-20/h3-13H,14H2,1-2H3,(H,26,28). The minimum atomic E-state index is -1.00. The molecule has 0 radical (unpaired) electrons. The summed E-state index contributed by atoms with van der Waals surface area (Å²) in [7, 11) is 0. The van der Waals surface area contributed by atoms with Crippen molar-refractivity contribution in [2.45, 2.75) is 26.0 Å². The van der Waals surface area contributed by atoms with Crippen molar-refractivity contribution in [1.82, 2.24) is 15.3 Å². The number of oxazole rings is 1. The van der Waals surface area contributed by atoms with Gasteiger partial charge in [0, 0.05) is 22.8 Å². The molecular weight excluding hydrogens is 446 g/mol. The average molecular weight is 466 g/mol. The number of carbonyl (C=O) groups is 1. The van der Waals surface area contributed by atoms with Gasteiger partial charge in [-0.15, -0.1) is 0 Å². The molecule has 0 atom stereocenters. The van der Waals surface area contributed by atoms with E-state index in [2.05, 4.69) is 31.2 Å². The maximum absolute atomic E-state index is 12.6. The average Bonchev–Trinajstić information content (AvgIpc) is 3.18. The van der Waals surface area contributed by atoms with Gasteiger partial charge in [0.2, 0.25) is 5.89 Å². The van der Waals surface area contributed by atoms with Crippen molar-refractivity contribution in [2.75, 3.05) is 0 Å². The third-order valence-corrected chi connectivity index (χ3v) is 5.08. The molecule has 7 heteroatoms. The van der Waals surface area contributed by atoms with E-state index in [-0.39, 0.29) is 5.91 Å². The van der Waals surface area contributed by atoms with Crippen molar-refractivity contribution in [3.8, 4) is 17.2 Å². The van der Waals surface area contributed by atoms with Gasteiger partial charge in [-0.25, -0.2) is 4.98 Å². The Labute approximate surface area is 182 Å². The number of fused-ring (bicyclic) bond motifs is 1. The molecule has 2 heterocycles. The second kappa shape index (κ2) is 8.28. The molecule has 2 aromatic heterocycles. The van der Waals surface area contributed by atoms with Crippen LogP contribution in [0.4, 0.5) is 0 Å². The summed E-state index contributed by atoms with van der Waals surface area (Å²) in [6.45, 7) is 3.88. The Balaban J connectivity index is 1.38. The van der Waals surface area contributed by atoms with E-state index in [9.17, 15) is 4.79 Å². The molecule has 1 amide bonds. The van der Waals surface area contributed by atoms with Crippen molar-refractivity contribution >= 4 is 33.1 Å². The smallest absolute Gasteiger partial charge is 0.263 e. The Kier molecular flexibility index (Phi) is 5.55. The maximum atomic E-state index is 12.6. The molecule has 1 N–H and O–H groups in total. The summed E-state index contributed by atoms with van der Waals surface area (Å²) < 4.78 is 12.5. The van der Waals surface area contributed by atoms with Crippen LogP contribution in [0.25, 0.3) is 22.7 Å². The highest BCUT2D eigenvalue weighted by atomic mass is 79.9. The quantitative estimate of drug-likeness (QED) is 0.427. The zero-order valence-corrected chi connectivity index (χ0v) is 18.1. The van der Waals surface area contributed by atoms with Crippen LogP contribution in [-0.4, -0.2) is 21.5 Å². The molecule has 4 rings (SSSR count). The summed E-state index contributed by atoms with van der Waals surface area (Å²) in [5.41, 5.74) is 2.04. The van der Waals surface area contributed by atoms with E-state index in [1.165, 1.54) is 0 Å². The number of halogens is 1. The van der Waals surface area contributed by atoms with Crippen LogP contribution in [0.3, 0.4) is 0 Å². The number of amides is 1. The largest absolute Gasteiger partial charge is 0.478 e. The lowest BCUT2D eigenvalue weighted by molar-refractivity contribution is -0.134. The lowest BCUT2D eigenvalue weighted by Crippen LogP contribution is -2.46. The molecule has 152 valence electrons. The minimum Gasteiger partial charge on any atom is -0.478 e. The molecule has 2 aromatic carbocycles. The van der Waals surface area contributed by atoms with Crippen LogP contribution in [0.15, 0.2) is 75.8 Å². The monoisotopic (exact) mass is 465 g/mol. The first kappa shape index (κ1) is 20.1. The second-order valence-corrected chi connectivity index (χ2v) is 8.21. The Bertz CT molecular complexity index is 1140. The summed E-state index contributed by atoms with van der Waals surface area (Å²) in [5, 5.41) is 2.93. The third-order valence-electron chi connectivity index (χ3n) is 4.55. The molecule has 0 saturated carbocycles. The highest BCUT2D eigenvalue weighted by molar-refractivity contribution is 9.10. The Morgan fingerprint density at radius 3 is 2.53 bits per heavy atom. The molecular formula is C23H20BrN3O3. The van der Waals surface area contributed by atoms with Gasteiger partial charge in [-0.1, -0.05) is 28.1 Å². The maximum Gasteiger partial charge on any atom is 0.263 e. The Morgan fingerprint density at radius 2 is 1.83 bits per heavy atom. The third kappa shape index (κ3) is 4.52. The van der Waals surface area contributed by atoms with E-state index in [0.717, 1.165) is 15.6 Å². The number of hydrogen-bond acceptors (Lipinski definition) is 5. The lowest BCUT2D eigenvalue weighted by atomic mass is 10.1. The van der Waals surface area contributed by atoms with E-state index in [0.29, 0.717) is 29.4 Å². The first-order valence-corrected chi connectivity index (χ1v) is 10.2. The highest BCUT2D eigenvalue weighted by Gasteiger charge is 2.29. The van der Waals surface area contributed by atoms with Gasteiger partial charge in [-0.2, -0.15) is 4.98 Å². The van der Waals surface area contributed by atoms with E-state index in [1.54, 1.807) is 20.0 Å². The van der Waals surface area contributed by atoms with Crippen molar-refractivity contribution in [1.29, 1.82) is 0 Å². The number of hydrogen-bond donors (Lipinski definition) is 1. The fourth-order valence-electron chi connectivity index (χ4n) is 2.90. The summed E-state index contributed by atoms with van der Waals surface area (Å²) in [4.78, 5) is 21.2. The number of nitrogens with one attached hydrogen (secondary N) is 1. The molecule has 0 bridgehead atoms. The molecule has 0 spiro atoms. The molecule has 0 saturated heterocycles. The van der Waals surface area contributed by atoms with Crippen LogP contribution in [0.5, 0.6) is 5.75 Å². The summed E-state index contributed by atoms with van der Waals surface area (Å²) >= 11 is 3.39. The molecule has 0 aliphatic carbocycles. The van der Waals surface area contributed by atoms with Crippen LogP contribution < -0.4 is 10.1 Å². The van der Waals surface area contributed by atoms with Crippen LogP contribution in [0.2, 0.25) is 0 Å². The highest BCUT2D eigenvalue weighted by Crippen LogP contribution is 2.24. The van der Waals surface area contributed by atoms with Gasteiger partial charge in [0.15, 0.2) is 16.8 Å². The topological polar surface area (TPSA) is 77.2 Å². The minimum absolute atomic E-state index is 0.195.